The van der Waals surface area contributed by atoms with Gasteiger partial charge in [0.2, 0.25) is 0 Å². The highest BCUT2D eigenvalue weighted by molar-refractivity contribution is 5.97. The molecule has 1 amide bonds. The van der Waals surface area contributed by atoms with Gasteiger partial charge in [0.05, 0.1) is 0 Å². The molecule has 1 heterocycles. The van der Waals surface area contributed by atoms with Crippen LogP contribution in [0, 0.1) is 17.6 Å². The molecule has 0 radical (unpaired) electrons. The summed E-state index contributed by atoms with van der Waals surface area (Å²) in [6, 6.07) is 5.32. The summed E-state index contributed by atoms with van der Waals surface area (Å²) >= 11 is 0. The summed E-state index contributed by atoms with van der Waals surface area (Å²) in [5.74, 6) is -2.74. The Labute approximate surface area is 241 Å². The van der Waals surface area contributed by atoms with Crippen LogP contribution >= 0.6 is 0 Å². The minimum absolute atomic E-state index is 0.00227. The smallest absolute Gasteiger partial charge is 0.387 e. The van der Waals surface area contributed by atoms with E-state index in [0.29, 0.717) is 11.5 Å². The average Bonchev–Trinajstić information content (AvgIpc) is 3.37. The molecule has 0 aromatic heterocycles. The van der Waals surface area contributed by atoms with Gasteiger partial charge in [0.25, 0.3) is 5.91 Å². The first-order valence-electron chi connectivity index (χ1n) is 14.3. The zero-order chi connectivity index (χ0) is 30.2. The third kappa shape index (κ3) is 8.65. The molecule has 1 atom stereocenters. The van der Waals surface area contributed by atoms with Crippen LogP contribution in [-0.4, -0.2) is 49.7 Å². The Hall–Kier alpha value is -3.21. The molecule has 5 nitrogen and oxygen atoms in total. The first-order valence-corrected chi connectivity index (χ1v) is 14.3. The van der Waals surface area contributed by atoms with Crippen molar-refractivity contribution in [2.75, 3.05) is 19.6 Å². The Balaban J connectivity index is 1.60. The molecule has 4 rings (SSSR count). The third-order valence-corrected chi connectivity index (χ3v) is 7.94. The number of carbonyl (C=O) groups is 1. The van der Waals surface area contributed by atoms with Crippen molar-refractivity contribution in [3.63, 3.8) is 0 Å². The van der Waals surface area contributed by atoms with Crippen LogP contribution in [0.2, 0.25) is 0 Å². The Kier molecular flexibility index (Phi) is 11.2. The maximum atomic E-state index is 14.1. The van der Waals surface area contributed by atoms with Crippen LogP contribution in [0.3, 0.4) is 0 Å². The number of ether oxygens (including phenoxy) is 2. The number of likely N-dealkylation sites (tertiary alicyclic amines) is 1. The highest BCUT2D eigenvalue weighted by Crippen LogP contribution is 2.39. The van der Waals surface area contributed by atoms with Gasteiger partial charge in [-0.1, -0.05) is 30.9 Å². The van der Waals surface area contributed by atoms with Crippen LogP contribution in [0.1, 0.15) is 73.4 Å². The molecule has 0 bridgehead atoms. The van der Waals surface area contributed by atoms with Crippen LogP contribution in [0.25, 0.3) is 6.08 Å². The fraction of sp³-hybridized carbons (Fsp3) is 0.516. The van der Waals surface area contributed by atoms with Gasteiger partial charge >= 0.3 is 13.2 Å². The second-order valence-electron chi connectivity index (χ2n) is 11.0. The Morgan fingerprint density at radius 2 is 1.74 bits per heavy atom. The first kappa shape index (κ1) is 31.7. The van der Waals surface area contributed by atoms with Gasteiger partial charge in [-0.2, -0.15) is 17.6 Å². The molecule has 2 aromatic carbocycles. The molecule has 1 aliphatic heterocycles. The van der Waals surface area contributed by atoms with E-state index in [2.05, 4.69) is 15.0 Å². The lowest BCUT2D eigenvalue weighted by molar-refractivity contribution is -0.0697. The van der Waals surface area contributed by atoms with Crippen LogP contribution in [-0.2, 0) is 6.42 Å². The van der Waals surface area contributed by atoms with E-state index in [1.54, 1.807) is 6.92 Å². The minimum atomic E-state index is -3.33. The number of nitrogens with zero attached hydrogens (tertiary/aromatic N) is 1. The predicted octanol–water partition coefficient (Wildman–Crippen LogP) is 7.59. The fourth-order valence-electron chi connectivity index (χ4n) is 5.98. The van der Waals surface area contributed by atoms with Crippen LogP contribution in [0.5, 0.6) is 11.5 Å². The van der Waals surface area contributed by atoms with Gasteiger partial charge in [-0.3, -0.25) is 9.69 Å². The highest BCUT2D eigenvalue weighted by Gasteiger charge is 2.32. The van der Waals surface area contributed by atoms with E-state index in [1.807, 2.05) is 0 Å². The summed E-state index contributed by atoms with van der Waals surface area (Å²) in [6.45, 7) is -3.34. The van der Waals surface area contributed by atoms with E-state index < -0.39 is 42.3 Å². The summed E-state index contributed by atoms with van der Waals surface area (Å²) in [4.78, 5) is 15.7. The van der Waals surface area contributed by atoms with Crippen molar-refractivity contribution in [2.24, 2.45) is 5.92 Å². The average molecular weight is 599 g/mol. The van der Waals surface area contributed by atoms with E-state index in [0.717, 1.165) is 57.0 Å². The lowest BCUT2D eigenvalue weighted by Gasteiger charge is -2.31. The number of halogens is 6. The van der Waals surface area contributed by atoms with Crippen molar-refractivity contribution in [1.82, 2.24) is 10.2 Å². The zero-order valence-electron chi connectivity index (χ0n) is 23.5. The molecule has 0 spiro atoms. The van der Waals surface area contributed by atoms with E-state index in [4.69, 9.17) is 4.74 Å². The minimum Gasteiger partial charge on any atom is -0.431 e. The van der Waals surface area contributed by atoms with Gasteiger partial charge in [-0.05, 0) is 75.8 Å². The number of alkyl halides is 4. The van der Waals surface area contributed by atoms with E-state index in [9.17, 15) is 31.1 Å². The quantitative estimate of drug-likeness (QED) is 0.256. The summed E-state index contributed by atoms with van der Waals surface area (Å²) in [5.41, 5.74) is 0.728. The Morgan fingerprint density at radius 3 is 2.43 bits per heavy atom. The summed E-state index contributed by atoms with van der Waals surface area (Å²) in [5, 5.41) is 2.68. The monoisotopic (exact) mass is 598 g/mol. The fourth-order valence-corrected chi connectivity index (χ4v) is 5.98. The van der Waals surface area contributed by atoms with Crippen molar-refractivity contribution in [2.45, 2.75) is 77.6 Å². The predicted molar refractivity (Wildman–Crippen MR) is 147 cm³/mol. The van der Waals surface area contributed by atoms with Crippen LogP contribution < -0.4 is 14.8 Å². The first-order chi connectivity index (χ1) is 20.1. The molecule has 1 saturated carbocycles. The second-order valence-corrected chi connectivity index (χ2v) is 11.0. The number of benzene rings is 2. The molecule has 1 aliphatic carbocycles. The van der Waals surface area contributed by atoms with Crippen molar-refractivity contribution < 1.29 is 40.6 Å². The van der Waals surface area contributed by atoms with Crippen molar-refractivity contribution in [3.8, 4) is 11.5 Å². The molecule has 11 heteroatoms. The Morgan fingerprint density at radius 1 is 1.00 bits per heavy atom. The van der Waals surface area contributed by atoms with Gasteiger partial charge in [-0.15, -0.1) is 0 Å². The molecule has 230 valence electrons. The maximum absolute atomic E-state index is 14.1. The molecule has 2 fully saturated rings. The van der Waals surface area contributed by atoms with E-state index in [1.165, 1.54) is 37.5 Å². The number of rotatable bonds is 12. The molecule has 1 saturated heterocycles. The van der Waals surface area contributed by atoms with Gasteiger partial charge in [0, 0.05) is 41.9 Å². The number of nitrogens with one attached hydrogen (secondary N) is 1. The number of carbonyl (C=O) groups excluding carboxylic acids is 1. The lowest BCUT2D eigenvalue weighted by atomic mass is 9.88. The normalized spacial score (nSPS) is 18.6. The molecular weight excluding hydrogens is 562 g/mol. The highest BCUT2D eigenvalue weighted by atomic mass is 19.3. The van der Waals surface area contributed by atoms with Crippen LogP contribution in [0.15, 0.2) is 35.9 Å². The molecule has 0 unspecified atom stereocenters. The lowest BCUT2D eigenvalue weighted by Crippen LogP contribution is -2.36. The third-order valence-electron chi connectivity index (χ3n) is 7.94. The molecule has 1 N–H and O–H groups in total. The Bertz CT molecular complexity index is 1250. The topological polar surface area (TPSA) is 50.8 Å². The SMILES string of the molecule is CC(=Cc1ccc(F)cc1F)CNC(=O)c1ccc(OC(F)F)c(OC(F)F)c1C[C@@H]1CCCN1CC1CCCCC1. The largest absolute Gasteiger partial charge is 0.431 e. The standard InChI is InChI=1S/C31H36F6N2O3/c1-19(14-21-9-10-22(32)15-26(21)33)17-38-29(40)24-11-12-27(41-30(34)35)28(42-31(36)37)25(24)16-23-8-5-13-39(23)18-20-6-3-2-4-7-20/h9-12,14-15,20,23,30-31H,2-8,13,16-18H2,1H3,(H,38,40)/t23-/m0/s1. The second kappa shape index (κ2) is 14.8. The van der Waals surface area contributed by atoms with Gasteiger partial charge < -0.3 is 14.8 Å². The number of hydrogen-bond acceptors (Lipinski definition) is 4. The van der Waals surface area contributed by atoms with Crippen molar-refractivity contribution >= 4 is 12.0 Å². The molecular formula is C31H36F6N2O3. The van der Waals surface area contributed by atoms with E-state index >= 15 is 0 Å². The van der Waals surface area contributed by atoms with Crippen LogP contribution in [0.4, 0.5) is 26.3 Å². The van der Waals surface area contributed by atoms with Gasteiger partial charge in [0.15, 0.2) is 11.5 Å². The number of amides is 1. The van der Waals surface area contributed by atoms with Gasteiger partial charge in [0.1, 0.15) is 11.6 Å². The summed E-state index contributed by atoms with van der Waals surface area (Å²) in [7, 11) is 0. The van der Waals surface area contributed by atoms with Crippen molar-refractivity contribution in [3.05, 3.63) is 64.2 Å². The summed E-state index contributed by atoms with van der Waals surface area (Å²) in [6.07, 6.45) is 9.05. The molecule has 42 heavy (non-hydrogen) atoms. The molecule has 2 aliphatic rings. The van der Waals surface area contributed by atoms with E-state index in [-0.39, 0.29) is 35.7 Å². The maximum Gasteiger partial charge on any atom is 0.387 e. The van der Waals surface area contributed by atoms with Crippen molar-refractivity contribution in [1.29, 1.82) is 0 Å². The molecule has 2 aromatic rings. The number of hydrogen-bond donors (Lipinski definition) is 1. The van der Waals surface area contributed by atoms with Gasteiger partial charge in [-0.25, -0.2) is 8.78 Å². The zero-order valence-corrected chi connectivity index (χ0v) is 23.5. The summed E-state index contributed by atoms with van der Waals surface area (Å²) < 4.78 is 90.0.